The highest BCUT2D eigenvalue weighted by molar-refractivity contribution is 6.58. The molecule has 0 spiro atoms. The van der Waals surface area contributed by atoms with Gasteiger partial charge in [0.05, 0.1) is 0 Å². The molecule has 13 heavy (non-hydrogen) atoms. The van der Waals surface area contributed by atoms with E-state index in [9.17, 15) is 8.78 Å². The van der Waals surface area contributed by atoms with Gasteiger partial charge < -0.3 is 10.0 Å². The van der Waals surface area contributed by atoms with Gasteiger partial charge in [-0.3, -0.25) is 4.98 Å². The summed E-state index contributed by atoms with van der Waals surface area (Å²) in [7, 11) is -1.67. The Balaban J connectivity index is 3.06. The van der Waals surface area contributed by atoms with Gasteiger partial charge in [0.15, 0.2) is 0 Å². The second-order valence-electron chi connectivity index (χ2n) is 2.65. The van der Waals surface area contributed by atoms with Crippen molar-refractivity contribution in [2.75, 3.05) is 0 Å². The molecule has 0 radical (unpaired) electrons. The summed E-state index contributed by atoms with van der Waals surface area (Å²) < 4.78 is 24.3. The molecule has 2 N–H and O–H groups in total. The zero-order valence-electron chi connectivity index (χ0n) is 6.91. The third-order valence-electron chi connectivity index (χ3n) is 1.64. The number of pyridine rings is 1. The quantitative estimate of drug-likeness (QED) is 0.641. The number of rotatable bonds is 2. The van der Waals surface area contributed by atoms with E-state index in [1.807, 2.05) is 0 Å². The maximum atomic E-state index is 12.2. The molecule has 0 aromatic carbocycles. The average molecular weight is 187 g/mol. The molecular weight excluding hydrogens is 179 g/mol. The van der Waals surface area contributed by atoms with Crippen LogP contribution < -0.4 is 5.46 Å². The van der Waals surface area contributed by atoms with Crippen LogP contribution in [-0.2, 0) is 0 Å². The molecule has 70 valence electrons. The van der Waals surface area contributed by atoms with Crippen molar-refractivity contribution in [1.29, 1.82) is 0 Å². The number of hydrogen-bond acceptors (Lipinski definition) is 3. The van der Waals surface area contributed by atoms with E-state index < -0.39 is 13.5 Å². The molecule has 0 aliphatic rings. The molecule has 1 rings (SSSR count). The fourth-order valence-corrected chi connectivity index (χ4v) is 0.977. The van der Waals surface area contributed by atoms with E-state index in [0.29, 0.717) is 0 Å². The van der Waals surface area contributed by atoms with E-state index in [4.69, 9.17) is 10.0 Å². The number of hydrogen-bond donors (Lipinski definition) is 2. The van der Waals surface area contributed by atoms with E-state index in [0.717, 1.165) is 6.20 Å². The van der Waals surface area contributed by atoms with Crippen molar-refractivity contribution in [3.05, 3.63) is 23.5 Å². The van der Waals surface area contributed by atoms with E-state index in [-0.39, 0.29) is 16.7 Å². The minimum Gasteiger partial charge on any atom is -0.423 e. The molecule has 0 amide bonds. The summed E-state index contributed by atoms with van der Waals surface area (Å²) in [5.74, 6) is 0. The Morgan fingerprint density at radius 1 is 1.46 bits per heavy atom. The van der Waals surface area contributed by atoms with Crippen LogP contribution in [0.5, 0.6) is 0 Å². The van der Waals surface area contributed by atoms with Crippen LogP contribution in [0.3, 0.4) is 0 Å². The Labute approximate surface area is 74.2 Å². The Morgan fingerprint density at radius 2 is 2.08 bits per heavy atom. The molecule has 1 aromatic rings. The fraction of sp³-hybridized carbons (Fsp3) is 0.286. The zero-order chi connectivity index (χ0) is 10.0. The van der Waals surface area contributed by atoms with Crippen LogP contribution >= 0.6 is 0 Å². The molecule has 0 bridgehead atoms. The second kappa shape index (κ2) is 3.80. The molecule has 0 saturated heterocycles. The lowest BCUT2D eigenvalue weighted by molar-refractivity contribution is 0.145. The first-order valence-electron chi connectivity index (χ1n) is 3.63. The highest BCUT2D eigenvalue weighted by Gasteiger charge is 2.16. The largest absolute Gasteiger partial charge is 0.490 e. The summed E-state index contributed by atoms with van der Waals surface area (Å²) in [4.78, 5) is 3.43. The number of aryl methyl sites for hydroxylation is 1. The Hall–Kier alpha value is -1.01. The lowest BCUT2D eigenvalue weighted by atomic mass is 9.81. The topological polar surface area (TPSA) is 53.4 Å². The predicted molar refractivity (Wildman–Crippen MR) is 43.8 cm³/mol. The van der Waals surface area contributed by atoms with E-state index >= 15 is 0 Å². The lowest BCUT2D eigenvalue weighted by Crippen LogP contribution is -2.30. The summed E-state index contributed by atoms with van der Waals surface area (Å²) in [6.07, 6.45) is -1.61. The first-order chi connectivity index (χ1) is 6.02. The zero-order valence-corrected chi connectivity index (χ0v) is 6.91. The summed E-state index contributed by atoms with van der Waals surface area (Å²) in [6.45, 7) is 1.44. The van der Waals surface area contributed by atoms with Gasteiger partial charge in [0, 0.05) is 11.7 Å². The normalized spacial score (nSPS) is 10.6. The summed E-state index contributed by atoms with van der Waals surface area (Å²) in [5.41, 5.74) is 0.0342. The minimum atomic E-state index is -2.63. The standard InChI is InChI=1S/C7H8BF2NO2/c1-4-2-5(8(12)13)3-11-6(4)7(9)10/h2-3,7,12-13H,1H3. The highest BCUT2D eigenvalue weighted by Crippen LogP contribution is 2.18. The first-order valence-corrected chi connectivity index (χ1v) is 3.63. The van der Waals surface area contributed by atoms with E-state index in [1.54, 1.807) is 0 Å². The molecule has 0 aliphatic heterocycles. The van der Waals surface area contributed by atoms with Gasteiger partial charge in [0.2, 0.25) is 0 Å². The SMILES string of the molecule is Cc1cc(B(O)O)cnc1C(F)F. The molecule has 3 nitrogen and oxygen atoms in total. The van der Waals surface area contributed by atoms with Crippen molar-refractivity contribution < 1.29 is 18.8 Å². The van der Waals surface area contributed by atoms with Gasteiger partial charge >= 0.3 is 7.12 Å². The monoisotopic (exact) mass is 187 g/mol. The molecule has 0 unspecified atom stereocenters. The van der Waals surface area contributed by atoms with Crippen molar-refractivity contribution in [3.8, 4) is 0 Å². The Bertz CT molecular complexity index is 307. The first kappa shape index (κ1) is 10.1. The van der Waals surface area contributed by atoms with Crippen LogP contribution in [-0.4, -0.2) is 22.2 Å². The fourth-order valence-electron chi connectivity index (χ4n) is 0.977. The van der Waals surface area contributed by atoms with Crippen LogP contribution in [0.25, 0.3) is 0 Å². The van der Waals surface area contributed by atoms with Gasteiger partial charge in [0.25, 0.3) is 6.43 Å². The van der Waals surface area contributed by atoms with E-state index in [1.165, 1.54) is 13.0 Å². The number of nitrogens with zero attached hydrogens (tertiary/aromatic N) is 1. The molecule has 1 heterocycles. The number of halogens is 2. The van der Waals surface area contributed by atoms with Crippen LogP contribution in [0, 0.1) is 6.92 Å². The molecule has 1 aromatic heterocycles. The van der Waals surface area contributed by atoms with Crippen LogP contribution in [0.4, 0.5) is 8.78 Å². The van der Waals surface area contributed by atoms with Gasteiger partial charge in [-0.2, -0.15) is 0 Å². The van der Waals surface area contributed by atoms with Gasteiger partial charge in [-0.05, 0) is 12.5 Å². The van der Waals surface area contributed by atoms with Gasteiger partial charge in [0.1, 0.15) is 5.69 Å². The van der Waals surface area contributed by atoms with Gasteiger partial charge in [-0.1, -0.05) is 6.07 Å². The Kier molecular flexibility index (Phi) is 2.95. The van der Waals surface area contributed by atoms with Crippen LogP contribution in [0.1, 0.15) is 17.7 Å². The van der Waals surface area contributed by atoms with Crippen LogP contribution in [0.2, 0.25) is 0 Å². The van der Waals surface area contributed by atoms with Crippen molar-refractivity contribution in [1.82, 2.24) is 4.98 Å². The molecule has 0 atom stereocenters. The van der Waals surface area contributed by atoms with Crippen molar-refractivity contribution in [3.63, 3.8) is 0 Å². The maximum absolute atomic E-state index is 12.2. The summed E-state index contributed by atoms with van der Waals surface area (Å²) >= 11 is 0. The number of alkyl halides is 2. The summed E-state index contributed by atoms with van der Waals surface area (Å²) in [6, 6.07) is 1.28. The molecule has 6 heteroatoms. The van der Waals surface area contributed by atoms with Crippen LogP contribution in [0.15, 0.2) is 12.3 Å². The lowest BCUT2D eigenvalue weighted by Gasteiger charge is -2.05. The number of aromatic nitrogens is 1. The van der Waals surface area contributed by atoms with Crippen molar-refractivity contribution >= 4 is 12.6 Å². The highest BCUT2D eigenvalue weighted by atomic mass is 19.3. The molecule has 0 saturated carbocycles. The van der Waals surface area contributed by atoms with E-state index in [2.05, 4.69) is 4.98 Å². The summed E-state index contributed by atoms with van der Waals surface area (Å²) in [5, 5.41) is 17.4. The third kappa shape index (κ3) is 2.23. The minimum absolute atomic E-state index is 0.113. The van der Waals surface area contributed by atoms with Gasteiger partial charge in [-0.15, -0.1) is 0 Å². The smallest absolute Gasteiger partial charge is 0.423 e. The van der Waals surface area contributed by atoms with Gasteiger partial charge in [-0.25, -0.2) is 8.78 Å². The molecule has 0 aliphatic carbocycles. The molecular formula is C7H8BF2NO2. The Morgan fingerprint density at radius 3 is 2.46 bits per heavy atom. The second-order valence-corrected chi connectivity index (χ2v) is 2.65. The predicted octanol–water partition coefficient (Wildman–Crippen LogP) is 0.00742. The van der Waals surface area contributed by atoms with Crippen molar-refractivity contribution in [2.45, 2.75) is 13.3 Å². The maximum Gasteiger partial charge on any atom is 0.490 e. The molecule has 0 fully saturated rings. The van der Waals surface area contributed by atoms with Crippen molar-refractivity contribution in [2.24, 2.45) is 0 Å². The average Bonchev–Trinajstić information content (AvgIpc) is 2.03. The third-order valence-corrected chi connectivity index (χ3v) is 1.64.